The molecule has 2 rings (SSSR count). The Labute approximate surface area is 173 Å². The molecule has 0 heterocycles. The molecule has 0 bridgehead atoms. The van der Waals surface area contributed by atoms with Crippen LogP contribution >= 0.6 is 24.0 Å². The molecule has 0 atom stereocenters. The van der Waals surface area contributed by atoms with Crippen molar-refractivity contribution >= 4 is 29.9 Å². The first-order valence-corrected chi connectivity index (χ1v) is 8.43. The predicted octanol–water partition coefficient (Wildman–Crippen LogP) is 3.92. The van der Waals surface area contributed by atoms with E-state index < -0.39 is 0 Å². The molecule has 142 valence electrons. The van der Waals surface area contributed by atoms with E-state index in [0.29, 0.717) is 13.2 Å². The summed E-state index contributed by atoms with van der Waals surface area (Å²) in [6.45, 7) is 4.04. The van der Waals surface area contributed by atoms with E-state index in [4.69, 9.17) is 9.47 Å². The van der Waals surface area contributed by atoms with E-state index in [1.54, 1.807) is 14.2 Å². The van der Waals surface area contributed by atoms with Gasteiger partial charge in [-0.2, -0.15) is 0 Å². The second-order valence-electron chi connectivity index (χ2n) is 5.66. The number of nitrogens with one attached hydrogen (secondary N) is 1. The second kappa shape index (κ2) is 11.6. The molecule has 0 radical (unpaired) electrons. The molecule has 26 heavy (non-hydrogen) atoms. The molecule has 0 unspecified atom stereocenters. The van der Waals surface area contributed by atoms with Gasteiger partial charge < -0.3 is 19.7 Å². The van der Waals surface area contributed by atoms with E-state index in [-0.39, 0.29) is 24.0 Å². The predicted molar refractivity (Wildman–Crippen MR) is 118 cm³/mol. The maximum absolute atomic E-state index is 5.56. The van der Waals surface area contributed by atoms with Gasteiger partial charge in [0.05, 0.1) is 13.7 Å². The fraction of sp³-hybridized carbons (Fsp3) is 0.350. The van der Waals surface area contributed by atoms with Crippen LogP contribution in [0.1, 0.15) is 18.1 Å². The molecule has 0 saturated carbocycles. The Morgan fingerprint density at radius 3 is 2.42 bits per heavy atom. The molecule has 0 aliphatic heterocycles. The Bertz CT molecular complexity index is 693. The normalized spacial score (nSPS) is 10.7. The molecule has 6 heteroatoms. The van der Waals surface area contributed by atoms with Crippen molar-refractivity contribution in [1.82, 2.24) is 10.2 Å². The van der Waals surface area contributed by atoms with Crippen LogP contribution in [0.5, 0.6) is 11.5 Å². The van der Waals surface area contributed by atoms with Crippen LogP contribution in [0.15, 0.2) is 53.5 Å². The van der Waals surface area contributed by atoms with E-state index in [0.717, 1.165) is 29.6 Å². The zero-order valence-electron chi connectivity index (χ0n) is 15.9. The van der Waals surface area contributed by atoms with Crippen LogP contribution in [0.4, 0.5) is 0 Å². The van der Waals surface area contributed by atoms with Crippen molar-refractivity contribution in [3.05, 3.63) is 59.7 Å². The number of methoxy groups -OCH3 is 1. The maximum atomic E-state index is 5.56. The molecule has 0 spiro atoms. The zero-order valence-corrected chi connectivity index (χ0v) is 18.2. The highest BCUT2D eigenvalue weighted by Crippen LogP contribution is 2.27. The Morgan fingerprint density at radius 2 is 1.81 bits per heavy atom. The lowest BCUT2D eigenvalue weighted by Gasteiger charge is -2.22. The molecule has 2 aromatic carbocycles. The van der Waals surface area contributed by atoms with Gasteiger partial charge in [0.1, 0.15) is 0 Å². The van der Waals surface area contributed by atoms with E-state index in [1.807, 2.05) is 50.4 Å². The number of nitrogens with zero attached hydrogens (tertiary/aromatic N) is 2. The minimum atomic E-state index is 0. The quantitative estimate of drug-likeness (QED) is 0.380. The number of hydrogen-bond acceptors (Lipinski definition) is 3. The standard InChI is InChI=1S/C20H27N3O2.HI/c1-5-25-18-12-11-17(13-19(18)24-4)14-22-20(21-2)23(3)15-16-9-7-6-8-10-16;/h6-13H,5,14-15H2,1-4H3,(H,21,22);1H. The number of hydrogen-bond donors (Lipinski definition) is 1. The van der Waals surface area contributed by atoms with Gasteiger partial charge in [0, 0.05) is 27.2 Å². The van der Waals surface area contributed by atoms with Crippen LogP contribution < -0.4 is 14.8 Å². The number of ether oxygens (including phenoxy) is 2. The van der Waals surface area contributed by atoms with E-state index in [1.165, 1.54) is 5.56 Å². The van der Waals surface area contributed by atoms with Crippen molar-refractivity contribution in [3.8, 4) is 11.5 Å². The third-order valence-corrected chi connectivity index (χ3v) is 3.81. The molecular formula is C20H28IN3O2. The van der Waals surface area contributed by atoms with E-state index in [9.17, 15) is 0 Å². The van der Waals surface area contributed by atoms with Gasteiger partial charge >= 0.3 is 0 Å². The van der Waals surface area contributed by atoms with Gasteiger partial charge in [-0.3, -0.25) is 4.99 Å². The SMILES string of the molecule is CCOc1ccc(CNC(=NC)N(C)Cc2ccccc2)cc1OC.I. The van der Waals surface area contributed by atoms with Crippen molar-refractivity contribution in [1.29, 1.82) is 0 Å². The number of guanidine groups is 1. The highest BCUT2D eigenvalue weighted by molar-refractivity contribution is 14.0. The summed E-state index contributed by atoms with van der Waals surface area (Å²) < 4.78 is 11.0. The fourth-order valence-electron chi connectivity index (χ4n) is 2.59. The van der Waals surface area contributed by atoms with Gasteiger partial charge in [-0.1, -0.05) is 36.4 Å². The van der Waals surface area contributed by atoms with Crippen molar-refractivity contribution in [2.75, 3.05) is 27.8 Å². The molecule has 0 saturated heterocycles. The third-order valence-electron chi connectivity index (χ3n) is 3.81. The van der Waals surface area contributed by atoms with Gasteiger partial charge in [0.25, 0.3) is 0 Å². The van der Waals surface area contributed by atoms with Gasteiger partial charge in [-0.15, -0.1) is 24.0 Å². The molecule has 5 nitrogen and oxygen atoms in total. The van der Waals surface area contributed by atoms with Crippen LogP contribution in [-0.2, 0) is 13.1 Å². The number of halogens is 1. The van der Waals surface area contributed by atoms with E-state index >= 15 is 0 Å². The average Bonchev–Trinajstić information content (AvgIpc) is 2.64. The van der Waals surface area contributed by atoms with Gasteiger partial charge in [-0.05, 0) is 30.2 Å². The zero-order chi connectivity index (χ0) is 18.1. The minimum absolute atomic E-state index is 0. The Kier molecular flexibility index (Phi) is 9.87. The molecule has 0 aromatic heterocycles. The Hall–Kier alpha value is -1.96. The minimum Gasteiger partial charge on any atom is -0.493 e. The first-order valence-electron chi connectivity index (χ1n) is 8.43. The highest BCUT2D eigenvalue weighted by atomic mass is 127. The number of rotatable bonds is 7. The first-order chi connectivity index (χ1) is 12.2. The van der Waals surface area contributed by atoms with Crippen molar-refractivity contribution in [2.45, 2.75) is 20.0 Å². The summed E-state index contributed by atoms with van der Waals surface area (Å²) in [4.78, 5) is 6.46. The van der Waals surface area contributed by atoms with Crippen LogP contribution in [0.25, 0.3) is 0 Å². The monoisotopic (exact) mass is 469 g/mol. The van der Waals surface area contributed by atoms with Crippen LogP contribution in [0, 0.1) is 0 Å². The van der Waals surface area contributed by atoms with Crippen LogP contribution in [0.3, 0.4) is 0 Å². The number of benzene rings is 2. The second-order valence-corrected chi connectivity index (χ2v) is 5.66. The summed E-state index contributed by atoms with van der Waals surface area (Å²) in [5.74, 6) is 2.35. The van der Waals surface area contributed by atoms with Crippen molar-refractivity contribution in [2.24, 2.45) is 4.99 Å². The summed E-state index contributed by atoms with van der Waals surface area (Å²) in [5.41, 5.74) is 2.35. The number of aliphatic imine (C=N–C) groups is 1. The summed E-state index contributed by atoms with van der Waals surface area (Å²) >= 11 is 0. The molecule has 0 aliphatic rings. The Balaban J connectivity index is 0.00000338. The molecule has 1 N–H and O–H groups in total. The van der Waals surface area contributed by atoms with Gasteiger partial charge in [0.2, 0.25) is 0 Å². The smallest absolute Gasteiger partial charge is 0.193 e. The summed E-state index contributed by atoms with van der Waals surface area (Å²) in [5, 5.41) is 3.39. The lowest BCUT2D eigenvalue weighted by atomic mass is 10.2. The van der Waals surface area contributed by atoms with Crippen LogP contribution in [-0.4, -0.2) is 38.7 Å². The summed E-state index contributed by atoms with van der Waals surface area (Å²) in [6, 6.07) is 16.3. The third kappa shape index (κ3) is 6.40. The summed E-state index contributed by atoms with van der Waals surface area (Å²) in [7, 11) is 5.48. The van der Waals surface area contributed by atoms with Gasteiger partial charge in [-0.25, -0.2) is 0 Å². The highest BCUT2D eigenvalue weighted by Gasteiger charge is 2.09. The topological polar surface area (TPSA) is 46.1 Å². The van der Waals surface area contributed by atoms with E-state index in [2.05, 4.69) is 27.3 Å². The largest absolute Gasteiger partial charge is 0.493 e. The van der Waals surface area contributed by atoms with Crippen molar-refractivity contribution < 1.29 is 9.47 Å². The maximum Gasteiger partial charge on any atom is 0.193 e. The van der Waals surface area contributed by atoms with Crippen molar-refractivity contribution in [3.63, 3.8) is 0 Å². The first kappa shape index (κ1) is 22.1. The molecule has 0 fully saturated rings. The molecular weight excluding hydrogens is 441 g/mol. The fourth-order valence-corrected chi connectivity index (χ4v) is 2.59. The molecule has 0 aliphatic carbocycles. The average molecular weight is 469 g/mol. The Morgan fingerprint density at radius 1 is 1.08 bits per heavy atom. The van der Waals surface area contributed by atoms with Crippen LogP contribution in [0.2, 0.25) is 0 Å². The van der Waals surface area contributed by atoms with Gasteiger partial charge in [0.15, 0.2) is 17.5 Å². The summed E-state index contributed by atoms with van der Waals surface area (Å²) in [6.07, 6.45) is 0. The molecule has 2 aromatic rings. The molecule has 0 amide bonds. The lowest BCUT2D eigenvalue weighted by molar-refractivity contribution is 0.310. The lowest BCUT2D eigenvalue weighted by Crippen LogP contribution is -2.38.